The highest BCUT2D eigenvalue weighted by atomic mass is 16.5. The van der Waals surface area contributed by atoms with Crippen LogP contribution in [-0.2, 0) is 9.53 Å². The van der Waals surface area contributed by atoms with Crippen molar-refractivity contribution in [3.8, 4) is 5.75 Å². The van der Waals surface area contributed by atoms with Crippen molar-refractivity contribution < 1.29 is 24.2 Å². The van der Waals surface area contributed by atoms with Gasteiger partial charge in [0.1, 0.15) is 17.4 Å². The number of anilines is 1. The third kappa shape index (κ3) is 3.03. The normalized spacial score (nSPS) is 18.1. The average molecular weight is 265 g/mol. The van der Waals surface area contributed by atoms with Crippen LogP contribution in [0.4, 0.5) is 5.69 Å². The first kappa shape index (κ1) is 13.4. The van der Waals surface area contributed by atoms with Gasteiger partial charge in [0.25, 0.3) is 5.91 Å². The standard InChI is InChI=1S/C13H15NO5/c1-18-11-7-8(4-5-9(11)13(16)17)14-12(15)10-3-2-6-19-10/h4-5,7,10H,2-3,6H2,1H3,(H,14,15)(H,16,17)/t10-/m0/s1. The van der Waals surface area contributed by atoms with E-state index in [2.05, 4.69) is 5.32 Å². The highest BCUT2D eigenvalue weighted by molar-refractivity contribution is 5.96. The van der Waals surface area contributed by atoms with Crippen LogP contribution in [-0.4, -0.2) is 36.8 Å². The van der Waals surface area contributed by atoms with Crippen LogP contribution in [0.3, 0.4) is 0 Å². The number of carbonyl (C=O) groups is 2. The van der Waals surface area contributed by atoms with Gasteiger partial charge in [0.05, 0.1) is 7.11 Å². The van der Waals surface area contributed by atoms with E-state index in [0.717, 1.165) is 6.42 Å². The van der Waals surface area contributed by atoms with Crippen LogP contribution >= 0.6 is 0 Å². The fraction of sp³-hybridized carbons (Fsp3) is 0.385. The number of nitrogens with one attached hydrogen (secondary N) is 1. The number of methoxy groups -OCH3 is 1. The molecule has 1 aliphatic rings. The van der Waals surface area contributed by atoms with Gasteiger partial charge in [-0.05, 0) is 25.0 Å². The third-order valence-corrected chi connectivity index (χ3v) is 2.92. The van der Waals surface area contributed by atoms with E-state index >= 15 is 0 Å². The number of carbonyl (C=O) groups excluding carboxylic acids is 1. The van der Waals surface area contributed by atoms with E-state index in [1.807, 2.05) is 0 Å². The van der Waals surface area contributed by atoms with Crippen molar-refractivity contribution in [3.05, 3.63) is 23.8 Å². The second-order valence-corrected chi connectivity index (χ2v) is 4.21. The van der Waals surface area contributed by atoms with Crippen LogP contribution in [0.5, 0.6) is 5.75 Å². The Morgan fingerprint density at radius 3 is 2.84 bits per heavy atom. The molecule has 19 heavy (non-hydrogen) atoms. The first-order valence-electron chi connectivity index (χ1n) is 5.95. The smallest absolute Gasteiger partial charge is 0.339 e. The molecule has 1 aliphatic heterocycles. The lowest BCUT2D eigenvalue weighted by atomic mass is 10.1. The SMILES string of the molecule is COc1cc(NC(=O)[C@@H]2CCCO2)ccc1C(=O)O. The zero-order chi connectivity index (χ0) is 13.8. The van der Waals surface area contributed by atoms with Crippen molar-refractivity contribution >= 4 is 17.6 Å². The molecule has 0 radical (unpaired) electrons. The maximum Gasteiger partial charge on any atom is 0.339 e. The highest BCUT2D eigenvalue weighted by Crippen LogP contribution is 2.24. The van der Waals surface area contributed by atoms with Crippen LogP contribution in [0.15, 0.2) is 18.2 Å². The molecular weight excluding hydrogens is 250 g/mol. The molecular formula is C13H15NO5. The molecule has 1 aromatic rings. The molecule has 1 saturated heterocycles. The molecule has 1 amide bonds. The van der Waals surface area contributed by atoms with Gasteiger partial charge in [-0.2, -0.15) is 0 Å². The summed E-state index contributed by atoms with van der Waals surface area (Å²) in [6.07, 6.45) is 1.15. The van der Waals surface area contributed by atoms with Crippen LogP contribution in [0.25, 0.3) is 0 Å². The number of aromatic carboxylic acids is 1. The van der Waals surface area contributed by atoms with Gasteiger partial charge in [0, 0.05) is 18.4 Å². The fourth-order valence-electron chi connectivity index (χ4n) is 1.95. The van der Waals surface area contributed by atoms with Crippen LogP contribution in [0, 0.1) is 0 Å². The van der Waals surface area contributed by atoms with Crippen LogP contribution in [0.1, 0.15) is 23.2 Å². The first-order chi connectivity index (χ1) is 9.11. The van der Waals surface area contributed by atoms with Crippen molar-refractivity contribution in [2.75, 3.05) is 19.0 Å². The average Bonchev–Trinajstić information content (AvgIpc) is 2.92. The van der Waals surface area contributed by atoms with Crippen LogP contribution < -0.4 is 10.1 Å². The minimum absolute atomic E-state index is 0.0533. The van der Waals surface area contributed by atoms with E-state index in [9.17, 15) is 9.59 Å². The summed E-state index contributed by atoms with van der Waals surface area (Å²) in [6.45, 7) is 0.597. The molecule has 6 nitrogen and oxygen atoms in total. The summed E-state index contributed by atoms with van der Waals surface area (Å²) in [4.78, 5) is 22.8. The molecule has 0 aliphatic carbocycles. The van der Waals surface area contributed by atoms with E-state index in [0.29, 0.717) is 18.7 Å². The largest absolute Gasteiger partial charge is 0.496 e. The zero-order valence-corrected chi connectivity index (χ0v) is 10.5. The Morgan fingerprint density at radius 2 is 2.26 bits per heavy atom. The van der Waals surface area contributed by atoms with Crippen molar-refractivity contribution in [3.63, 3.8) is 0 Å². The monoisotopic (exact) mass is 265 g/mol. The summed E-state index contributed by atoms with van der Waals surface area (Å²) in [7, 11) is 1.38. The fourth-order valence-corrected chi connectivity index (χ4v) is 1.95. The Balaban J connectivity index is 2.12. The molecule has 0 unspecified atom stereocenters. The molecule has 0 bridgehead atoms. The second kappa shape index (κ2) is 5.71. The predicted octanol–water partition coefficient (Wildman–Crippen LogP) is 1.51. The van der Waals surface area contributed by atoms with Gasteiger partial charge in [-0.15, -0.1) is 0 Å². The molecule has 1 atom stereocenters. The topological polar surface area (TPSA) is 84.9 Å². The molecule has 2 rings (SSSR count). The number of carboxylic acids is 1. The molecule has 0 aromatic heterocycles. The van der Waals surface area contributed by atoms with Gasteiger partial charge in [-0.25, -0.2) is 4.79 Å². The molecule has 1 aromatic carbocycles. The third-order valence-electron chi connectivity index (χ3n) is 2.92. The van der Waals surface area contributed by atoms with Gasteiger partial charge >= 0.3 is 5.97 Å². The van der Waals surface area contributed by atoms with Crippen molar-refractivity contribution in [2.24, 2.45) is 0 Å². The summed E-state index contributed by atoms with van der Waals surface area (Å²) in [5.74, 6) is -1.09. The minimum Gasteiger partial charge on any atom is -0.496 e. The van der Waals surface area contributed by atoms with Gasteiger partial charge < -0.3 is 19.9 Å². The van der Waals surface area contributed by atoms with Gasteiger partial charge in [-0.1, -0.05) is 0 Å². The number of rotatable bonds is 4. The van der Waals surface area contributed by atoms with Crippen molar-refractivity contribution in [1.29, 1.82) is 0 Å². The summed E-state index contributed by atoms with van der Waals surface area (Å²) >= 11 is 0. The Morgan fingerprint density at radius 1 is 1.47 bits per heavy atom. The lowest BCUT2D eigenvalue weighted by Gasteiger charge is -2.12. The number of carboxylic acid groups (broad SMARTS) is 1. The molecule has 0 spiro atoms. The zero-order valence-electron chi connectivity index (χ0n) is 10.5. The predicted molar refractivity (Wildman–Crippen MR) is 67.6 cm³/mol. The second-order valence-electron chi connectivity index (χ2n) is 4.21. The molecule has 0 saturated carbocycles. The summed E-state index contributed by atoms with van der Waals surface area (Å²) in [6, 6.07) is 4.40. The number of hydrogen-bond donors (Lipinski definition) is 2. The maximum atomic E-state index is 11.8. The number of amides is 1. The Hall–Kier alpha value is -2.08. The molecule has 2 N–H and O–H groups in total. The van der Waals surface area contributed by atoms with E-state index in [-0.39, 0.29) is 17.2 Å². The molecule has 1 fully saturated rings. The number of benzene rings is 1. The molecule has 102 valence electrons. The summed E-state index contributed by atoms with van der Waals surface area (Å²) in [5, 5.41) is 11.6. The first-order valence-corrected chi connectivity index (χ1v) is 5.95. The van der Waals surface area contributed by atoms with E-state index < -0.39 is 12.1 Å². The Labute approximate surface area is 110 Å². The van der Waals surface area contributed by atoms with E-state index in [4.69, 9.17) is 14.6 Å². The molecule has 6 heteroatoms. The Bertz CT molecular complexity index is 494. The van der Waals surface area contributed by atoms with Gasteiger partial charge in [0.2, 0.25) is 0 Å². The summed E-state index contributed by atoms with van der Waals surface area (Å²) in [5.41, 5.74) is 0.542. The number of hydrogen-bond acceptors (Lipinski definition) is 4. The summed E-state index contributed by atoms with van der Waals surface area (Å²) < 4.78 is 10.3. The number of ether oxygens (including phenoxy) is 2. The van der Waals surface area contributed by atoms with Crippen molar-refractivity contribution in [2.45, 2.75) is 18.9 Å². The molecule has 1 heterocycles. The van der Waals surface area contributed by atoms with Crippen molar-refractivity contribution in [1.82, 2.24) is 0 Å². The minimum atomic E-state index is -1.08. The lowest BCUT2D eigenvalue weighted by Crippen LogP contribution is -2.26. The van der Waals surface area contributed by atoms with E-state index in [1.54, 1.807) is 0 Å². The Kier molecular flexibility index (Phi) is 4.01. The van der Waals surface area contributed by atoms with Crippen LogP contribution in [0.2, 0.25) is 0 Å². The maximum absolute atomic E-state index is 11.8. The van der Waals surface area contributed by atoms with Gasteiger partial charge in [-0.3, -0.25) is 4.79 Å². The van der Waals surface area contributed by atoms with E-state index in [1.165, 1.54) is 25.3 Å². The highest BCUT2D eigenvalue weighted by Gasteiger charge is 2.23. The quantitative estimate of drug-likeness (QED) is 0.862. The lowest BCUT2D eigenvalue weighted by molar-refractivity contribution is -0.124. The van der Waals surface area contributed by atoms with Gasteiger partial charge in [0.15, 0.2) is 0 Å².